The van der Waals surface area contributed by atoms with Gasteiger partial charge in [0, 0.05) is 19.3 Å². The van der Waals surface area contributed by atoms with Gasteiger partial charge in [0.15, 0.2) is 5.82 Å². The number of hydrogen-bond donors (Lipinski definition) is 2. The van der Waals surface area contributed by atoms with E-state index in [9.17, 15) is 13.2 Å². The van der Waals surface area contributed by atoms with E-state index in [0.717, 1.165) is 0 Å². The predicted molar refractivity (Wildman–Crippen MR) is 76.4 cm³/mol. The fourth-order valence-corrected chi connectivity index (χ4v) is 3.70. The summed E-state index contributed by atoms with van der Waals surface area (Å²) < 4.78 is 28.6. The van der Waals surface area contributed by atoms with Gasteiger partial charge in [-0.1, -0.05) is 0 Å². The zero-order valence-corrected chi connectivity index (χ0v) is 12.9. The number of piperidine rings is 1. The summed E-state index contributed by atoms with van der Waals surface area (Å²) in [7, 11) is -3.71. The topological polar surface area (TPSA) is 99.6 Å². The van der Waals surface area contributed by atoms with E-state index in [2.05, 4.69) is 25.6 Å². The number of carboxylic acid groups (broad SMARTS) is 1. The van der Waals surface area contributed by atoms with Crippen LogP contribution in [0.2, 0.25) is 0 Å². The van der Waals surface area contributed by atoms with E-state index >= 15 is 0 Å². The first-order valence-electron chi connectivity index (χ1n) is 6.01. The fraction of sp³-hybridized carbons (Fsp3) is 0.455. The lowest BCUT2D eigenvalue weighted by Gasteiger charge is -2.29. The molecule has 2 heterocycles. The van der Waals surface area contributed by atoms with Crippen LogP contribution in [0, 0.1) is 5.92 Å². The van der Waals surface area contributed by atoms with Crippen LogP contribution in [0.4, 0.5) is 5.82 Å². The van der Waals surface area contributed by atoms with Crippen LogP contribution in [0.25, 0.3) is 0 Å². The van der Waals surface area contributed by atoms with Gasteiger partial charge in [-0.25, -0.2) is 4.98 Å². The van der Waals surface area contributed by atoms with E-state index in [1.165, 1.54) is 10.5 Å². The van der Waals surface area contributed by atoms with Crippen LogP contribution in [-0.2, 0) is 15.0 Å². The Hall–Kier alpha value is -1.19. The third-order valence-corrected chi connectivity index (χ3v) is 5.26. The predicted octanol–water partition coefficient (Wildman–Crippen LogP) is 1.30. The lowest BCUT2D eigenvalue weighted by molar-refractivity contribution is -0.142. The summed E-state index contributed by atoms with van der Waals surface area (Å²) in [5, 5.41) is 8.90. The molecule has 20 heavy (non-hydrogen) atoms. The van der Waals surface area contributed by atoms with E-state index in [1.807, 2.05) is 0 Å². The Labute approximate surface area is 125 Å². The third kappa shape index (κ3) is 3.47. The first-order chi connectivity index (χ1) is 9.40. The average Bonchev–Trinajstić information content (AvgIpc) is 2.41. The van der Waals surface area contributed by atoms with Crippen molar-refractivity contribution in [2.45, 2.75) is 12.8 Å². The lowest BCUT2D eigenvalue weighted by atomic mass is 9.99. The number of nitrogens with zero attached hydrogens (tertiary/aromatic N) is 2. The summed E-state index contributed by atoms with van der Waals surface area (Å²) in [6, 6.07) is 3.36. The highest BCUT2D eigenvalue weighted by Crippen LogP contribution is 2.23. The maximum atomic E-state index is 12.2. The largest absolute Gasteiger partial charge is 0.481 e. The molecule has 2 rings (SSSR count). The summed E-state index contributed by atoms with van der Waals surface area (Å²) in [5.41, 5.74) is 0. The third-order valence-electron chi connectivity index (χ3n) is 3.13. The molecule has 1 fully saturated rings. The van der Waals surface area contributed by atoms with Gasteiger partial charge in [-0.15, -0.1) is 0 Å². The number of nitrogens with one attached hydrogen (secondary N) is 1. The molecule has 110 valence electrons. The fourth-order valence-electron chi connectivity index (χ4n) is 1.99. The van der Waals surface area contributed by atoms with Gasteiger partial charge in [0.05, 0.1) is 10.4 Å². The lowest BCUT2D eigenvalue weighted by Crippen LogP contribution is -2.43. The van der Waals surface area contributed by atoms with E-state index < -0.39 is 22.1 Å². The van der Waals surface area contributed by atoms with Crippen LogP contribution in [0.15, 0.2) is 22.8 Å². The second kappa shape index (κ2) is 6.06. The molecule has 0 spiro atoms. The van der Waals surface area contributed by atoms with Gasteiger partial charge in [-0.05, 0) is 40.9 Å². The quantitative estimate of drug-likeness (QED) is 0.839. The molecule has 9 heteroatoms. The zero-order chi connectivity index (χ0) is 14.8. The normalized spacial score (nSPS) is 17.9. The van der Waals surface area contributed by atoms with Gasteiger partial charge in [-0.2, -0.15) is 12.7 Å². The van der Waals surface area contributed by atoms with E-state index in [1.54, 1.807) is 12.1 Å². The minimum atomic E-state index is -3.71. The average molecular weight is 364 g/mol. The molecule has 0 bridgehead atoms. The van der Waals surface area contributed by atoms with Crippen LogP contribution in [0.5, 0.6) is 0 Å². The Kier molecular flexibility index (Phi) is 4.61. The molecule has 0 unspecified atom stereocenters. The Balaban J connectivity index is 2.05. The number of hydrogen-bond acceptors (Lipinski definition) is 4. The molecule has 0 aromatic carbocycles. The number of carbonyl (C=O) groups is 1. The van der Waals surface area contributed by atoms with Gasteiger partial charge < -0.3 is 5.11 Å². The molecule has 0 amide bonds. The Morgan fingerprint density at radius 1 is 1.45 bits per heavy atom. The molecule has 0 radical (unpaired) electrons. The van der Waals surface area contributed by atoms with Gasteiger partial charge in [0.2, 0.25) is 0 Å². The molecule has 0 aliphatic carbocycles. The number of anilines is 1. The van der Waals surface area contributed by atoms with Crippen molar-refractivity contribution >= 4 is 37.9 Å². The standard InChI is InChI=1S/C11H14BrN3O4S/c12-9-2-1-5-13-10(9)14-20(18,19)15-6-3-8(4-7-15)11(16)17/h1-2,5,8H,3-4,6-7H2,(H,13,14)(H,16,17). The molecule has 1 aromatic heterocycles. The summed E-state index contributed by atoms with van der Waals surface area (Å²) in [6.45, 7) is 0.382. The first kappa shape index (κ1) is 15.2. The zero-order valence-electron chi connectivity index (χ0n) is 10.5. The van der Waals surface area contributed by atoms with Crippen LogP contribution >= 0.6 is 15.9 Å². The van der Waals surface area contributed by atoms with Gasteiger partial charge in [-0.3, -0.25) is 9.52 Å². The highest BCUT2D eigenvalue weighted by molar-refractivity contribution is 9.10. The van der Waals surface area contributed by atoms with Crippen molar-refractivity contribution in [3.05, 3.63) is 22.8 Å². The summed E-state index contributed by atoms with van der Waals surface area (Å²) in [4.78, 5) is 14.8. The second-order valence-electron chi connectivity index (χ2n) is 4.45. The van der Waals surface area contributed by atoms with Crippen LogP contribution in [-0.4, -0.2) is 41.9 Å². The molecule has 0 saturated carbocycles. The number of aliphatic carboxylic acids is 1. The summed E-state index contributed by atoms with van der Waals surface area (Å²) in [6.07, 6.45) is 2.12. The minimum Gasteiger partial charge on any atom is -0.481 e. The van der Waals surface area contributed by atoms with Crippen molar-refractivity contribution in [1.82, 2.24) is 9.29 Å². The molecule has 1 aliphatic heterocycles. The van der Waals surface area contributed by atoms with Gasteiger partial charge in [0.1, 0.15) is 0 Å². The molecular weight excluding hydrogens is 350 g/mol. The van der Waals surface area contributed by atoms with Crippen molar-refractivity contribution in [2.24, 2.45) is 5.92 Å². The number of carboxylic acids is 1. The molecule has 1 aliphatic rings. The van der Waals surface area contributed by atoms with E-state index in [0.29, 0.717) is 17.3 Å². The second-order valence-corrected chi connectivity index (χ2v) is 6.98. The Morgan fingerprint density at radius 2 is 2.10 bits per heavy atom. The molecule has 2 N–H and O–H groups in total. The summed E-state index contributed by atoms with van der Waals surface area (Å²) in [5.74, 6) is -1.13. The van der Waals surface area contributed by atoms with Crippen molar-refractivity contribution in [2.75, 3.05) is 17.8 Å². The highest BCUT2D eigenvalue weighted by atomic mass is 79.9. The van der Waals surface area contributed by atoms with Crippen LogP contribution in [0.1, 0.15) is 12.8 Å². The summed E-state index contributed by atoms with van der Waals surface area (Å²) >= 11 is 3.22. The molecular formula is C11H14BrN3O4S. The smallest absolute Gasteiger partial charge is 0.306 e. The molecule has 1 saturated heterocycles. The molecule has 0 atom stereocenters. The van der Waals surface area contributed by atoms with Crippen molar-refractivity contribution in [1.29, 1.82) is 0 Å². The SMILES string of the molecule is O=C(O)C1CCN(S(=O)(=O)Nc2ncccc2Br)CC1. The molecule has 1 aromatic rings. The maximum absolute atomic E-state index is 12.2. The number of pyridine rings is 1. The highest BCUT2D eigenvalue weighted by Gasteiger charge is 2.31. The number of rotatable bonds is 4. The Bertz CT molecular complexity index is 599. The maximum Gasteiger partial charge on any atom is 0.306 e. The van der Waals surface area contributed by atoms with E-state index in [4.69, 9.17) is 5.11 Å². The number of aromatic nitrogens is 1. The Morgan fingerprint density at radius 3 is 2.65 bits per heavy atom. The van der Waals surface area contributed by atoms with E-state index in [-0.39, 0.29) is 18.9 Å². The van der Waals surface area contributed by atoms with Gasteiger partial charge in [0.25, 0.3) is 0 Å². The minimum absolute atomic E-state index is 0.191. The van der Waals surface area contributed by atoms with Crippen LogP contribution < -0.4 is 4.72 Å². The van der Waals surface area contributed by atoms with Crippen molar-refractivity contribution < 1.29 is 18.3 Å². The van der Waals surface area contributed by atoms with Gasteiger partial charge >= 0.3 is 16.2 Å². The van der Waals surface area contributed by atoms with Crippen LogP contribution in [0.3, 0.4) is 0 Å². The first-order valence-corrected chi connectivity index (χ1v) is 8.24. The molecule has 7 nitrogen and oxygen atoms in total. The number of halogens is 1. The van der Waals surface area contributed by atoms with Crippen molar-refractivity contribution in [3.63, 3.8) is 0 Å². The van der Waals surface area contributed by atoms with Crippen molar-refractivity contribution in [3.8, 4) is 0 Å². The monoisotopic (exact) mass is 363 g/mol.